The number of ether oxygens (including phenoxy) is 2. The zero-order chi connectivity index (χ0) is 8.77. The first-order chi connectivity index (χ1) is 5.58. The van der Waals surface area contributed by atoms with Crippen molar-refractivity contribution in [2.75, 3.05) is 0 Å². The molecule has 1 saturated heterocycles. The zero-order valence-electron chi connectivity index (χ0n) is 7.19. The van der Waals surface area contributed by atoms with Crippen LogP contribution in [0.3, 0.4) is 0 Å². The van der Waals surface area contributed by atoms with Gasteiger partial charge in [0, 0.05) is 6.92 Å². The third-order valence-electron chi connectivity index (χ3n) is 2.04. The van der Waals surface area contributed by atoms with Gasteiger partial charge >= 0.3 is 6.04 Å². The van der Waals surface area contributed by atoms with Crippen LogP contribution in [0, 0.1) is 0 Å². The summed E-state index contributed by atoms with van der Waals surface area (Å²) in [5.74, 6) is 1.15. The summed E-state index contributed by atoms with van der Waals surface area (Å²) in [7, 11) is 0. The first kappa shape index (κ1) is 7.65. The minimum absolute atomic E-state index is 0.559. The highest BCUT2D eigenvalue weighted by atomic mass is 19.2. The fourth-order valence-electron chi connectivity index (χ4n) is 1.46. The van der Waals surface area contributed by atoms with E-state index in [2.05, 4.69) is 0 Å². The summed E-state index contributed by atoms with van der Waals surface area (Å²) in [5.41, 5.74) is 1.06. The first-order valence-corrected chi connectivity index (χ1v) is 4.06. The lowest BCUT2D eigenvalue weighted by Gasteiger charge is -2.10. The second-order valence-electron chi connectivity index (χ2n) is 3.26. The zero-order valence-corrected chi connectivity index (χ0v) is 7.19. The van der Waals surface area contributed by atoms with Crippen LogP contribution >= 0.6 is 0 Å². The summed E-state index contributed by atoms with van der Waals surface area (Å²) >= 11 is 0. The van der Waals surface area contributed by atoms with E-state index < -0.39 is 6.04 Å². The third kappa shape index (κ3) is 1.09. The molecule has 66 valence electrons. The standard InChI is InChI=1S/C9H11FO2/c1-6-4-3-5-7-8(6)12-9(2,10)11-7/h5H,3-4H2,1-2H3. The van der Waals surface area contributed by atoms with Gasteiger partial charge < -0.3 is 9.47 Å². The van der Waals surface area contributed by atoms with Crippen molar-refractivity contribution in [1.29, 1.82) is 0 Å². The SMILES string of the molecule is CC1=C2OC(C)(F)OC2=CCC1. The van der Waals surface area contributed by atoms with Gasteiger partial charge in [0.25, 0.3) is 0 Å². The van der Waals surface area contributed by atoms with E-state index in [1.165, 1.54) is 6.92 Å². The van der Waals surface area contributed by atoms with Gasteiger partial charge in [-0.2, -0.15) is 4.39 Å². The Labute approximate surface area is 70.7 Å². The molecular weight excluding hydrogens is 159 g/mol. The highest BCUT2D eigenvalue weighted by Crippen LogP contribution is 2.40. The van der Waals surface area contributed by atoms with E-state index >= 15 is 0 Å². The van der Waals surface area contributed by atoms with Gasteiger partial charge in [-0.05, 0) is 31.4 Å². The minimum atomic E-state index is -1.97. The maximum atomic E-state index is 13.2. The molecule has 0 radical (unpaired) electrons. The van der Waals surface area contributed by atoms with Gasteiger partial charge in [0.05, 0.1) is 0 Å². The maximum Gasteiger partial charge on any atom is 0.404 e. The van der Waals surface area contributed by atoms with E-state index in [-0.39, 0.29) is 0 Å². The van der Waals surface area contributed by atoms with Crippen LogP contribution in [0.25, 0.3) is 0 Å². The summed E-state index contributed by atoms with van der Waals surface area (Å²) < 4.78 is 23.1. The van der Waals surface area contributed by atoms with Crippen LogP contribution in [0.1, 0.15) is 26.7 Å². The molecule has 0 aromatic carbocycles. The lowest BCUT2D eigenvalue weighted by molar-refractivity contribution is -0.221. The van der Waals surface area contributed by atoms with Crippen molar-refractivity contribution in [3.63, 3.8) is 0 Å². The van der Waals surface area contributed by atoms with Gasteiger partial charge in [0.2, 0.25) is 0 Å². The lowest BCUT2D eigenvalue weighted by atomic mass is 10.0. The van der Waals surface area contributed by atoms with Crippen molar-refractivity contribution in [1.82, 2.24) is 0 Å². The second kappa shape index (κ2) is 2.25. The summed E-state index contributed by atoms with van der Waals surface area (Å²) in [6, 6.07) is -1.97. The third-order valence-corrected chi connectivity index (χ3v) is 2.04. The molecule has 2 nitrogen and oxygen atoms in total. The Morgan fingerprint density at radius 2 is 2.25 bits per heavy atom. The van der Waals surface area contributed by atoms with E-state index in [9.17, 15) is 4.39 Å². The Morgan fingerprint density at radius 1 is 1.50 bits per heavy atom. The van der Waals surface area contributed by atoms with Gasteiger partial charge in [-0.25, -0.2) is 0 Å². The smallest absolute Gasteiger partial charge is 0.404 e. The average molecular weight is 170 g/mol. The largest absolute Gasteiger partial charge is 0.423 e. The number of hydrogen-bond acceptors (Lipinski definition) is 2. The lowest BCUT2D eigenvalue weighted by Crippen LogP contribution is -2.16. The van der Waals surface area contributed by atoms with Crippen molar-refractivity contribution in [3.8, 4) is 0 Å². The van der Waals surface area contributed by atoms with E-state index in [1.807, 2.05) is 13.0 Å². The molecule has 0 aromatic rings. The molecule has 3 heteroatoms. The van der Waals surface area contributed by atoms with Gasteiger partial charge in [-0.3, -0.25) is 0 Å². The number of allylic oxidation sites excluding steroid dienone is 2. The summed E-state index contributed by atoms with van der Waals surface area (Å²) in [5, 5.41) is 0. The van der Waals surface area contributed by atoms with Gasteiger partial charge in [0.15, 0.2) is 11.5 Å². The van der Waals surface area contributed by atoms with Crippen molar-refractivity contribution < 1.29 is 13.9 Å². The van der Waals surface area contributed by atoms with Crippen LogP contribution in [0.2, 0.25) is 0 Å². The fraction of sp³-hybridized carbons (Fsp3) is 0.556. The van der Waals surface area contributed by atoms with Crippen molar-refractivity contribution >= 4 is 0 Å². The predicted molar refractivity (Wildman–Crippen MR) is 41.7 cm³/mol. The quantitative estimate of drug-likeness (QED) is 0.556. The van der Waals surface area contributed by atoms with Crippen molar-refractivity contribution in [3.05, 3.63) is 23.2 Å². The van der Waals surface area contributed by atoms with E-state index in [4.69, 9.17) is 9.47 Å². The molecule has 0 N–H and O–H groups in total. The normalized spacial score (nSPS) is 33.8. The molecule has 12 heavy (non-hydrogen) atoms. The summed E-state index contributed by atoms with van der Waals surface area (Å²) in [6.07, 6.45) is 3.70. The van der Waals surface area contributed by atoms with E-state index in [0.717, 1.165) is 18.4 Å². The van der Waals surface area contributed by atoms with Crippen LogP contribution in [-0.2, 0) is 9.47 Å². The Balaban J connectivity index is 2.37. The van der Waals surface area contributed by atoms with Crippen LogP contribution < -0.4 is 0 Å². The predicted octanol–water partition coefficient (Wildman–Crippen LogP) is 2.63. The van der Waals surface area contributed by atoms with Crippen molar-refractivity contribution in [2.45, 2.75) is 32.7 Å². The maximum absolute atomic E-state index is 13.2. The molecule has 0 bridgehead atoms. The molecular formula is C9H11FO2. The Kier molecular flexibility index (Phi) is 1.43. The molecule has 2 rings (SSSR count). The first-order valence-electron chi connectivity index (χ1n) is 4.06. The molecule has 1 fully saturated rings. The number of halogens is 1. The Bertz CT molecular complexity index is 276. The average Bonchev–Trinajstić information content (AvgIpc) is 2.25. The molecule has 2 aliphatic rings. The molecule has 0 saturated carbocycles. The molecule has 1 unspecified atom stereocenters. The molecule has 1 aliphatic carbocycles. The van der Waals surface area contributed by atoms with Crippen molar-refractivity contribution in [2.24, 2.45) is 0 Å². The molecule has 0 spiro atoms. The summed E-state index contributed by atoms with van der Waals surface area (Å²) in [6.45, 7) is 3.21. The molecule has 1 heterocycles. The molecule has 1 aliphatic heterocycles. The van der Waals surface area contributed by atoms with Gasteiger partial charge in [-0.1, -0.05) is 0 Å². The van der Waals surface area contributed by atoms with Gasteiger partial charge in [0.1, 0.15) is 0 Å². The van der Waals surface area contributed by atoms with Crippen LogP contribution in [0.5, 0.6) is 0 Å². The fourth-order valence-corrected chi connectivity index (χ4v) is 1.46. The van der Waals surface area contributed by atoms with E-state index in [0.29, 0.717) is 11.5 Å². The number of hydrogen-bond donors (Lipinski definition) is 0. The second-order valence-corrected chi connectivity index (χ2v) is 3.26. The molecule has 1 atom stereocenters. The van der Waals surface area contributed by atoms with E-state index in [1.54, 1.807) is 0 Å². The summed E-state index contributed by atoms with van der Waals surface area (Å²) in [4.78, 5) is 0. The number of rotatable bonds is 0. The Morgan fingerprint density at radius 3 is 2.92 bits per heavy atom. The molecule has 0 aromatic heterocycles. The van der Waals surface area contributed by atoms with Crippen LogP contribution in [0.15, 0.2) is 23.2 Å². The highest BCUT2D eigenvalue weighted by molar-refractivity contribution is 5.31. The number of alkyl halides is 1. The molecule has 0 amide bonds. The van der Waals surface area contributed by atoms with Gasteiger partial charge in [-0.15, -0.1) is 0 Å². The topological polar surface area (TPSA) is 18.5 Å². The van der Waals surface area contributed by atoms with Crippen LogP contribution in [-0.4, -0.2) is 6.04 Å². The highest BCUT2D eigenvalue weighted by Gasteiger charge is 2.40. The number of fused-ring (bicyclic) bond motifs is 1. The Hall–Kier alpha value is -0.990. The minimum Gasteiger partial charge on any atom is -0.423 e. The monoisotopic (exact) mass is 170 g/mol. The van der Waals surface area contributed by atoms with Crippen LogP contribution in [0.4, 0.5) is 4.39 Å².